The summed E-state index contributed by atoms with van der Waals surface area (Å²) < 4.78 is 5.82. The summed E-state index contributed by atoms with van der Waals surface area (Å²) >= 11 is 0. The van der Waals surface area contributed by atoms with Gasteiger partial charge in [-0.2, -0.15) is 0 Å². The van der Waals surface area contributed by atoms with Crippen LogP contribution in [0.3, 0.4) is 0 Å². The molecule has 0 spiro atoms. The molecule has 0 saturated heterocycles. The van der Waals surface area contributed by atoms with Crippen LogP contribution < -0.4 is 5.32 Å². The predicted molar refractivity (Wildman–Crippen MR) is 78.9 cm³/mol. The molecule has 0 aromatic heterocycles. The fourth-order valence-corrected chi connectivity index (χ4v) is 2.96. The molecule has 0 radical (unpaired) electrons. The normalized spacial score (nSPS) is 29.3. The van der Waals surface area contributed by atoms with Gasteiger partial charge in [-0.3, -0.25) is 4.79 Å². The van der Waals surface area contributed by atoms with Crippen molar-refractivity contribution in [3.63, 3.8) is 0 Å². The van der Waals surface area contributed by atoms with Crippen molar-refractivity contribution in [1.82, 2.24) is 5.32 Å². The van der Waals surface area contributed by atoms with Gasteiger partial charge in [-0.05, 0) is 37.1 Å². The van der Waals surface area contributed by atoms with E-state index in [0.717, 1.165) is 13.0 Å². The molecule has 1 N–H and O–H groups in total. The Kier molecular flexibility index (Phi) is 6.84. The van der Waals surface area contributed by atoms with Gasteiger partial charge in [0.2, 0.25) is 0 Å². The van der Waals surface area contributed by atoms with E-state index in [-0.39, 0.29) is 18.0 Å². The van der Waals surface area contributed by atoms with Gasteiger partial charge in [-0.15, -0.1) is 0 Å². The van der Waals surface area contributed by atoms with E-state index in [1.54, 1.807) is 0 Å². The molecular formula is C16H31NO2. The van der Waals surface area contributed by atoms with Gasteiger partial charge in [-0.25, -0.2) is 0 Å². The first kappa shape index (κ1) is 16.5. The minimum Gasteiger partial charge on any atom is -0.462 e. The van der Waals surface area contributed by atoms with E-state index in [1.165, 1.54) is 12.8 Å². The number of carbonyl (C=O) groups excluding carboxylic acids is 1. The maximum Gasteiger partial charge on any atom is 0.310 e. The van der Waals surface area contributed by atoms with Crippen LogP contribution in [-0.4, -0.2) is 25.2 Å². The highest BCUT2D eigenvalue weighted by Gasteiger charge is 2.34. The van der Waals surface area contributed by atoms with E-state index < -0.39 is 0 Å². The van der Waals surface area contributed by atoms with Gasteiger partial charge in [0.25, 0.3) is 0 Å². The lowest BCUT2D eigenvalue weighted by atomic mass is 9.75. The van der Waals surface area contributed by atoms with Crippen LogP contribution in [0.5, 0.6) is 0 Å². The minimum atomic E-state index is -0.0509. The van der Waals surface area contributed by atoms with Crippen LogP contribution in [0.2, 0.25) is 0 Å². The van der Waals surface area contributed by atoms with Crippen molar-refractivity contribution in [1.29, 1.82) is 0 Å². The van der Waals surface area contributed by atoms with Gasteiger partial charge in [0, 0.05) is 6.54 Å². The summed E-state index contributed by atoms with van der Waals surface area (Å²) in [5.41, 5.74) is 0. The number of nitrogens with one attached hydrogen (secondary N) is 1. The molecule has 1 rings (SSSR count). The van der Waals surface area contributed by atoms with Gasteiger partial charge < -0.3 is 10.1 Å². The SMILES string of the molecule is CCNCC(C)C(=O)OC1CC(C)CCC1C(C)C. The Morgan fingerprint density at radius 3 is 2.58 bits per heavy atom. The van der Waals surface area contributed by atoms with E-state index in [9.17, 15) is 4.79 Å². The maximum absolute atomic E-state index is 12.1. The van der Waals surface area contributed by atoms with Crippen molar-refractivity contribution in [3.05, 3.63) is 0 Å². The average molecular weight is 269 g/mol. The second kappa shape index (κ2) is 7.88. The Morgan fingerprint density at radius 2 is 2.00 bits per heavy atom. The van der Waals surface area contributed by atoms with Crippen molar-refractivity contribution in [2.45, 2.75) is 60.0 Å². The first-order valence-electron chi connectivity index (χ1n) is 7.86. The van der Waals surface area contributed by atoms with Crippen molar-refractivity contribution in [2.75, 3.05) is 13.1 Å². The minimum absolute atomic E-state index is 0.0364. The highest BCUT2D eigenvalue weighted by molar-refractivity contribution is 5.72. The van der Waals surface area contributed by atoms with Gasteiger partial charge in [0.15, 0.2) is 0 Å². The Morgan fingerprint density at radius 1 is 1.32 bits per heavy atom. The van der Waals surface area contributed by atoms with E-state index in [1.807, 2.05) is 6.92 Å². The molecule has 4 unspecified atom stereocenters. The van der Waals surface area contributed by atoms with Gasteiger partial charge in [0.05, 0.1) is 5.92 Å². The van der Waals surface area contributed by atoms with E-state index in [4.69, 9.17) is 4.74 Å². The summed E-state index contributed by atoms with van der Waals surface area (Å²) in [4.78, 5) is 12.1. The molecule has 3 nitrogen and oxygen atoms in total. The van der Waals surface area contributed by atoms with Crippen LogP contribution in [0.25, 0.3) is 0 Å². The van der Waals surface area contributed by atoms with Gasteiger partial charge in [0.1, 0.15) is 6.10 Å². The topological polar surface area (TPSA) is 38.3 Å². The fourth-order valence-electron chi connectivity index (χ4n) is 2.96. The highest BCUT2D eigenvalue weighted by Crippen LogP contribution is 2.35. The Balaban J connectivity index is 2.53. The second-order valence-corrected chi connectivity index (χ2v) is 6.51. The summed E-state index contributed by atoms with van der Waals surface area (Å²) in [5, 5.41) is 3.21. The molecule has 1 aliphatic rings. The Labute approximate surface area is 118 Å². The van der Waals surface area contributed by atoms with E-state index in [2.05, 4.69) is 33.0 Å². The standard InChI is InChI=1S/C16H31NO2/c1-6-17-10-13(5)16(18)19-15-9-12(4)7-8-14(15)11(2)3/h11-15,17H,6-10H2,1-5H3. The van der Waals surface area contributed by atoms with Crippen molar-refractivity contribution in [2.24, 2.45) is 23.7 Å². The summed E-state index contributed by atoms with van der Waals surface area (Å²) in [6.45, 7) is 12.3. The van der Waals surface area contributed by atoms with Crippen molar-refractivity contribution in [3.8, 4) is 0 Å². The number of esters is 1. The molecule has 0 amide bonds. The molecule has 3 heteroatoms. The number of carbonyl (C=O) groups is 1. The average Bonchev–Trinajstić information content (AvgIpc) is 2.35. The molecule has 0 aliphatic heterocycles. The Bertz CT molecular complexity index is 278. The van der Waals surface area contributed by atoms with Crippen molar-refractivity contribution >= 4 is 5.97 Å². The summed E-state index contributed by atoms with van der Waals surface area (Å²) in [5.74, 6) is 1.72. The van der Waals surface area contributed by atoms with Crippen LogP contribution in [0.15, 0.2) is 0 Å². The zero-order valence-corrected chi connectivity index (χ0v) is 13.2. The maximum atomic E-state index is 12.1. The summed E-state index contributed by atoms with van der Waals surface area (Å²) in [7, 11) is 0. The lowest BCUT2D eigenvalue weighted by Crippen LogP contribution is -2.38. The molecule has 0 heterocycles. The zero-order valence-electron chi connectivity index (χ0n) is 13.2. The lowest BCUT2D eigenvalue weighted by molar-refractivity contribution is -0.160. The van der Waals surface area contributed by atoms with Crippen LogP contribution in [-0.2, 0) is 9.53 Å². The quantitative estimate of drug-likeness (QED) is 0.752. The number of rotatable bonds is 6. The molecule has 1 aliphatic carbocycles. The molecule has 19 heavy (non-hydrogen) atoms. The second-order valence-electron chi connectivity index (χ2n) is 6.51. The van der Waals surface area contributed by atoms with E-state index in [0.29, 0.717) is 24.3 Å². The van der Waals surface area contributed by atoms with Crippen LogP contribution in [0, 0.1) is 23.7 Å². The molecule has 4 atom stereocenters. The predicted octanol–water partition coefficient (Wildman–Crippen LogP) is 3.24. The van der Waals surface area contributed by atoms with Crippen molar-refractivity contribution < 1.29 is 9.53 Å². The molecule has 112 valence electrons. The number of ether oxygens (including phenoxy) is 1. The van der Waals surface area contributed by atoms with Crippen LogP contribution in [0.4, 0.5) is 0 Å². The first-order chi connectivity index (χ1) is 8.95. The molecular weight excluding hydrogens is 238 g/mol. The number of hydrogen-bond donors (Lipinski definition) is 1. The van der Waals surface area contributed by atoms with Gasteiger partial charge in [-0.1, -0.05) is 41.0 Å². The smallest absolute Gasteiger partial charge is 0.310 e. The molecule has 1 fully saturated rings. The zero-order chi connectivity index (χ0) is 14.4. The fraction of sp³-hybridized carbons (Fsp3) is 0.938. The monoisotopic (exact) mass is 269 g/mol. The Hall–Kier alpha value is -0.570. The molecule has 0 bridgehead atoms. The highest BCUT2D eigenvalue weighted by atomic mass is 16.5. The number of hydrogen-bond acceptors (Lipinski definition) is 3. The van der Waals surface area contributed by atoms with E-state index >= 15 is 0 Å². The molecule has 0 aromatic rings. The lowest BCUT2D eigenvalue weighted by Gasteiger charge is -2.37. The molecule has 1 saturated carbocycles. The third kappa shape index (κ3) is 5.13. The largest absolute Gasteiger partial charge is 0.462 e. The van der Waals surface area contributed by atoms with Crippen LogP contribution >= 0.6 is 0 Å². The van der Waals surface area contributed by atoms with Crippen LogP contribution in [0.1, 0.15) is 53.9 Å². The summed E-state index contributed by atoms with van der Waals surface area (Å²) in [6.07, 6.45) is 3.62. The summed E-state index contributed by atoms with van der Waals surface area (Å²) in [6, 6.07) is 0. The first-order valence-corrected chi connectivity index (χ1v) is 7.86. The molecule has 0 aromatic carbocycles. The third-order valence-corrected chi connectivity index (χ3v) is 4.33. The third-order valence-electron chi connectivity index (χ3n) is 4.33. The van der Waals surface area contributed by atoms with Gasteiger partial charge >= 0.3 is 5.97 Å².